The molecule has 0 aliphatic carbocycles. The van der Waals surface area contributed by atoms with E-state index in [1.54, 1.807) is 6.07 Å². The van der Waals surface area contributed by atoms with Gasteiger partial charge in [-0.15, -0.1) is 0 Å². The lowest BCUT2D eigenvalue weighted by atomic mass is 10.2. The predicted molar refractivity (Wildman–Crippen MR) is 70.0 cm³/mol. The number of nitrogens with zero attached hydrogens (tertiary/aromatic N) is 1. The Morgan fingerprint density at radius 1 is 1.56 bits per heavy atom. The van der Waals surface area contributed by atoms with Gasteiger partial charge >= 0.3 is 5.97 Å². The SMILES string of the molecule is CCc1csc(Oc2ccc(Cl)cc2C(=O)O)n1. The number of aromatic carboxylic acids is 1. The Hall–Kier alpha value is -1.59. The van der Waals surface area contributed by atoms with Gasteiger partial charge in [0, 0.05) is 10.4 Å². The van der Waals surface area contributed by atoms with Gasteiger partial charge in [-0.2, -0.15) is 0 Å². The van der Waals surface area contributed by atoms with Gasteiger partial charge in [0.15, 0.2) is 0 Å². The molecule has 94 valence electrons. The molecule has 2 rings (SSSR count). The van der Waals surface area contributed by atoms with E-state index in [-0.39, 0.29) is 11.3 Å². The summed E-state index contributed by atoms with van der Waals surface area (Å²) >= 11 is 7.09. The average molecular weight is 284 g/mol. The highest BCUT2D eigenvalue weighted by Gasteiger charge is 2.14. The minimum Gasteiger partial charge on any atom is -0.478 e. The van der Waals surface area contributed by atoms with Gasteiger partial charge < -0.3 is 9.84 Å². The van der Waals surface area contributed by atoms with Crippen LogP contribution in [0.2, 0.25) is 5.02 Å². The lowest BCUT2D eigenvalue weighted by molar-refractivity contribution is 0.0694. The number of halogens is 1. The summed E-state index contributed by atoms with van der Waals surface area (Å²) < 4.78 is 5.48. The Labute approximate surface area is 113 Å². The maximum absolute atomic E-state index is 11.1. The summed E-state index contributed by atoms with van der Waals surface area (Å²) in [6.07, 6.45) is 0.812. The van der Waals surface area contributed by atoms with Crippen molar-refractivity contribution in [3.63, 3.8) is 0 Å². The smallest absolute Gasteiger partial charge is 0.339 e. The van der Waals surface area contributed by atoms with Crippen LogP contribution >= 0.6 is 22.9 Å². The van der Waals surface area contributed by atoms with Crippen molar-refractivity contribution in [2.24, 2.45) is 0 Å². The van der Waals surface area contributed by atoms with E-state index in [2.05, 4.69) is 4.98 Å². The summed E-state index contributed by atoms with van der Waals surface area (Å²) in [4.78, 5) is 15.3. The van der Waals surface area contributed by atoms with Crippen LogP contribution in [0.3, 0.4) is 0 Å². The predicted octanol–water partition coefficient (Wildman–Crippen LogP) is 3.85. The fraction of sp³-hybridized carbons (Fsp3) is 0.167. The molecule has 0 unspecified atom stereocenters. The van der Waals surface area contributed by atoms with E-state index in [9.17, 15) is 4.79 Å². The maximum Gasteiger partial charge on any atom is 0.339 e. The minimum absolute atomic E-state index is 0.0238. The van der Waals surface area contributed by atoms with Gasteiger partial charge in [-0.3, -0.25) is 0 Å². The second kappa shape index (κ2) is 5.37. The summed E-state index contributed by atoms with van der Waals surface area (Å²) in [6.45, 7) is 1.99. The number of aromatic nitrogens is 1. The maximum atomic E-state index is 11.1. The summed E-state index contributed by atoms with van der Waals surface area (Å²) in [7, 11) is 0. The van der Waals surface area contributed by atoms with Crippen LogP contribution in [0.4, 0.5) is 0 Å². The van der Waals surface area contributed by atoms with Crippen molar-refractivity contribution in [3.05, 3.63) is 39.9 Å². The van der Waals surface area contributed by atoms with E-state index >= 15 is 0 Å². The first-order valence-corrected chi connectivity index (χ1v) is 6.51. The Morgan fingerprint density at radius 2 is 2.33 bits per heavy atom. The van der Waals surface area contributed by atoms with Crippen LogP contribution in [-0.4, -0.2) is 16.1 Å². The molecule has 0 saturated heterocycles. The van der Waals surface area contributed by atoms with Crippen LogP contribution in [0.25, 0.3) is 0 Å². The fourth-order valence-electron chi connectivity index (χ4n) is 1.35. The quantitative estimate of drug-likeness (QED) is 0.926. The molecule has 2 aromatic rings. The molecular weight excluding hydrogens is 274 g/mol. The Kier molecular flexibility index (Phi) is 3.84. The second-order valence-corrected chi connectivity index (χ2v) is 4.76. The fourth-order valence-corrected chi connectivity index (χ4v) is 2.29. The zero-order chi connectivity index (χ0) is 13.1. The third kappa shape index (κ3) is 2.80. The second-order valence-electron chi connectivity index (χ2n) is 3.51. The third-order valence-electron chi connectivity index (χ3n) is 2.26. The first-order chi connectivity index (χ1) is 8.60. The molecule has 0 aliphatic rings. The molecule has 0 saturated carbocycles. The highest BCUT2D eigenvalue weighted by molar-refractivity contribution is 7.11. The molecule has 1 N–H and O–H groups in total. The number of thiazole rings is 1. The standard InChI is InChI=1S/C12H10ClNO3S/c1-2-8-6-18-12(14-8)17-10-4-3-7(13)5-9(10)11(15)16/h3-6H,2H2,1H3,(H,15,16). The molecule has 4 nitrogen and oxygen atoms in total. The number of benzene rings is 1. The van der Waals surface area contributed by atoms with Crippen molar-refractivity contribution in [1.82, 2.24) is 4.98 Å². The number of hydrogen-bond acceptors (Lipinski definition) is 4. The molecule has 1 aromatic heterocycles. The van der Waals surface area contributed by atoms with Gasteiger partial charge in [0.2, 0.25) is 0 Å². The zero-order valence-electron chi connectivity index (χ0n) is 9.51. The average Bonchev–Trinajstić information content (AvgIpc) is 2.79. The molecule has 18 heavy (non-hydrogen) atoms. The Balaban J connectivity index is 2.30. The Bertz CT molecular complexity index is 582. The van der Waals surface area contributed by atoms with Gasteiger partial charge in [0.05, 0.1) is 5.69 Å². The molecule has 0 spiro atoms. The number of hydrogen-bond donors (Lipinski definition) is 1. The zero-order valence-corrected chi connectivity index (χ0v) is 11.1. The number of carbonyl (C=O) groups is 1. The van der Waals surface area contributed by atoms with Crippen LogP contribution in [0, 0.1) is 0 Å². The number of aryl methyl sites for hydroxylation is 1. The van der Waals surface area contributed by atoms with E-state index < -0.39 is 5.97 Å². The summed E-state index contributed by atoms with van der Waals surface area (Å²) in [6, 6.07) is 4.46. The molecule has 6 heteroatoms. The van der Waals surface area contributed by atoms with Crippen LogP contribution in [0.1, 0.15) is 23.0 Å². The lowest BCUT2D eigenvalue weighted by Crippen LogP contribution is -1.99. The number of rotatable bonds is 4. The van der Waals surface area contributed by atoms with Gasteiger partial charge in [0.1, 0.15) is 11.3 Å². The lowest BCUT2D eigenvalue weighted by Gasteiger charge is -2.05. The summed E-state index contributed by atoms with van der Waals surface area (Å²) in [5.74, 6) is -0.844. The topological polar surface area (TPSA) is 59.4 Å². The normalized spacial score (nSPS) is 10.3. The monoisotopic (exact) mass is 283 g/mol. The van der Waals surface area contributed by atoms with Crippen LogP contribution in [-0.2, 0) is 6.42 Å². The van der Waals surface area contributed by atoms with Crippen LogP contribution in [0.15, 0.2) is 23.6 Å². The Morgan fingerprint density at radius 3 is 2.94 bits per heavy atom. The first kappa shape index (κ1) is 12.9. The van der Waals surface area contributed by atoms with E-state index in [1.165, 1.54) is 23.5 Å². The molecule has 0 amide bonds. The molecule has 1 heterocycles. The van der Waals surface area contributed by atoms with Gasteiger partial charge in [0.25, 0.3) is 5.19 Å². The molecule has 1 aromatic carbocycles. The summed E-state index contributed by atoms with van der Waals surface area (Å²) in [5.41, 5.74) is 0.941. The molecule has 0 aliphatic heterocycles. The highest BCUT2D eigenvalue weighted by atomic mass is 35.5. The number of carboxylic acids is 1. The van der Waals surface area contributed by atoms with Crippen LogP contribution in [0.5, 0.6) is 10.9 Å². The van der Waals surface area contributed by atoms with Crippen molar-refractivity contribution >= 4 is 28.9 Å². The molecule has 0 radical (unpaired) electrons. The minimum atomic E-state index is -1.08. The van der Waals surface area contributed by atoms with Crippen molar-refractivity contribution in [1.29, 1.82) is 0 Å². The molecule has 0 fully saturated rings. The molecule has 0 atom stereocenters. The summed E-state index contributed by atoms with van der Waals surface area (Å²) in [5, 5.41) is 11.7. The van der Waals surface area contributed by atoms with Gasteiger partial charge in [-0.05, 0) is 24.6 Å². The number of carboxylic acid groups (broad SMARTS) is 1. The molecular formula is C12H10ClNO3S. The van der Waals surface area contributed by atoms with E-state index in [0.717, 1.165) is 12.1 Å². The van der Waals surface area contributed by atoms with Gasteiger partial charge in [-0.1, -0.05) is 29.9 Å². The van der Waals surface area contributed by atoms with Gasteiger partial charge in [-0.25, -0.2) is 9.78 Å². The van der Waals surface area contributed by atoms with Crippen LogP contribution < -0.4 is 4.74 Å². The first-order valence-electron chi connectivity index (χ1n) is 5.25. The van der Waals surface area contributed by atoms with Crippen molar-refractivity contribution in [2.45, 2.75) is 13.3 Å². The highest BCUT2D eigenvalue weighted by Crippen LogP contribution is 2.30. The van der Waals surface area contributed by atoms with E-state index in [1.807, 2.05) is 12.3 Å². The number of ether oxygens (including phenoxy) is 1. The van der Waals surface area contributed by atoms with E-state index in [0.29, 0.717) is 10.2 Å². The van der Waals surface area contributed by atoms with Crippen molar-refractivity contribution in [3.8, 4) is 10.9 Å². The largest absolute Gasteiger partial charge is 0.478 e. The van der Waals surface area contributed by atoms with Crippen molar-refractivity contribution < 1.29 is 14.6 Å². The van der Waals surface area contributed by atoms with E-state index in [4.69, 9.17) is 21.4 Å². The van der Waals surface area contributed by atoms with Crippen molar-refractivity contribution in [2.75, 3.05) is 0 Å². The molecule has 0 bridgehead atoms. The third-order valence-corrected chi connectivity index (χ3v) is 3.26.